The molecular formula is C28H36N6O2. The van der Waals surface area contributed by atoms with Gasteiger partial charge in [-0.3, -0.25) is 14.7 Å². The van der Waals surface area contributed by atoms with E-state index in [0.717, 1.165) is 40.6 Å². The lowest BCUT2D eigenvalue weighted by Gasteiger charge is -2.26. The van der Waals surface area contributed by atoms with Crippen molar-refractivity contribution in [1.29, 1.82) is 0 Å². The number of benzene rings is 2. The number of hydrogen-bond acceptors (Lipinski definition) is 5. The maximum atomic E-state index is 13.6. The molecule has 0 radical (unpaired) electrons. The Morgan fingerprint density at radius 3 is 2.53 bits per heavy atom. The molecule has 0 saturated carbocycles. The van der Waals surface area contributed by atoms with E-state index in [1.54, 1.807) is 0 Å². The third-order valence-corrected chi connectivity index (χ3v) is 6.27. The summed E-state index contributed by atoms with van der Waals surface area (Å²) in [6, 6.07) is 15.8. The van der Waals surface area contributed by atoms with E-state index in [9.17, 15) is 9.59 Å². The lowest BCUT2D eigenvalue weighted by atomic mass is 10.1. The molecule has 0 bridgehead atoms. The highest BCUT2D eigenvalue weighted by Crippen LogP contribution is 2.19. The maximum Gasteiger partial charge on any atom is 0.274 e. The largest absolute Gasteiger partial charge is 0.382 e. The van der Waals surface area contributed by atoms with E-state index in [1.807, 2.05) is 70.2 Å². The second kappa shape index (κ2) is 12.6. The van der Waals surface area contributed by atoms with Crippen LogP contribution < -0.4 is 16.4 Å². The molecular weight excluding hydrogens is 452 g/mol. The van der Waals surface area contributed by atoms with Crippen molar-refractivity contribution in [2.45, 2.75) is 47.1 Å². The van der Waals surface area contributed by atoms with Gasteiger partial charge in [0.25, 0.3) is 5.91 Å². The highest BCUT2D eigenvalue weighted by Gasteiger charge is 2.23. The number of carbonyl (C=O) groups excluding carboxylic acids is 2. The Bertz CT molecular complexity index is 1260. The number of nitrogen functional groups attached to an aromatic ring is 1. The van der Waals surface area contributed by atoms with Gasteiger partial charge in [-0.15, -0.1) is 0 Å². The highest BCUT2D eigenvalue weighted by molar-refractivity contribution is 5.97. The second-order valence-corrected chi connectivity index (χ2v) is 8.76. The van der Waals surface area contributed by atoms with Crippen molar-refractivity contribution in [1.82, 2.24) is 25.7 Å². The number of carbonyl (C=O) groups is 2. The van der Waals surface area contributed by atoms with E-state index in [0.29, 0.717) is 24.6 Å². The summed E-state index contributed by atoms with van der Waals surface area (Å²) in [5.41, 5.74) is 11.0. The first-order chi connectivity index (χ1) is 17.3. The number of allylic oxidation sites excluding steroid dienone is 3. The van der Waals surface area contributed by atoms with Crippen molar-refractivity contribution in [3.05, 3.63) is 82.7 Å². The molecule has 36 heavy (non-hydrogen) atoms. The van der Waals surface area contributed by atoms with Gasteiger partial charge in [0.05, 0.1) is 11.2 Å². The quantitative estimate of drug-likeness (QED) is 0.304. The van der Waals surface area contributed by atoms with Gasteiger partial charge in [-0.2, -0.15) is 5.10 Å². The van der Waals surface area contributed by atoms with Crippen LogP contribution in [0.3, 0.4) is 0 Å². The molecule has 3 aromatic rings. The van der Waals surface area contributed by atoms with Crippen molar-refractivity contribution in [3.8, 4) is 0 Å². The number of H-pyrrole nitrogens is 1. The van der Waals surface area contributed by atoms with Crippen LogP contribution in [0.15, 0.2) is 71.6 Å². The standard InChI is InChI=1S/C28H36N6O2/c1-5-19(3)26(30-15-14-21-10-8-7-9-11-21)28(36)34(20(4)6-2)18-25(35)31-17-22-12-13-23-24(16-22)32-33-27(23)29/h6-13,16,30H,5,14-15,17-18H2,1-4H3,(H,31,35)(H3,29,32,33)/b20-6-,26-19-. The number of amides is 2. The molecule has 5 N–H and O–H groups in total. The molecule has 0 saturated heterocycles. The lowest BCUT2D eigenvalue weighted by molar-refractivity contribution is -0.131. The predicted octanol–water partition coefficient (Wildman–Crippen LogP) is 4.03. The molecule has 0 fully saturated rings. The molecule has 0 atom stereocenters. The minimum atomic E-state index is -0.244. The summed E-state index contributed by atoms with van der Waals surface area (Å²) in [6.45, 7) is 8.54. The molecule has 0 aliphatic rings. The highest BCUT2D eigenvalue weighted by atomic mass is 16.2. The Hall–Kier alpha value is -4.07. The molecule has 0 aliphatic carbocycles. The van der Waals surface area contributed by atoms with Crippen molar-refractivity contribution in [2.75, 3.05) is 18.8 Å². The van der Waals surface area contributed by atoms with Gasteiger partial charge < -0.3 is 21.3 Å². The summed E-state index contributed by atoms with van der Waals surface area (Å²) in [7, 11) is 0. The first-order valence-electron chi connectivity index (χ1n) is 12.3. The van der Waals surface area contributed by atoms with Crippen LogP contribution in [0.4, 0.5) is 5.82 Å². The molecule has 2 amide bonds. The molecule has 0 spiro atoms. The van der Waals surface area contributed by atoms with Crippen LogP contribution in [0, 0.1) is 0 Å². The van der Waals surface area contributed by atoms with E-state index in [2.05, 4.69) is 33.0 Å². The third-order valence-electron chi connectivity index (χ3n) is 6.27. The van der Waals surface area contributed by atoms with Gasteiger partial charge in [-0.05, 0) is 62.4 Å². The molecule has 190 valence electrons. The van der Waals surface area contributed by atoms with Gasteiger partial charge in [0, 0.05) is 24.2 Å². The zero-order valence-corrected chi connectivity index (χ0v) is 21.5. The Labute approximate surface area is 212 Å². The molecule has 0 aliphatic heterocycles. The normalized spacial score (nSPS) is 12.3. The molecule has 8 heteroatoms. The zero-order chi connectivity index (χ0) is 26.1. The smallest absolute Gasteiger partial charge is 0.274 e. The number of fused-ring (bicyclic) bond motifs is 1. The fourth-order valence-electron chi connectivity index (χ4n) is 3.81. The summed E-state index contributed by atoms with van der Waals surface area (Å²) in [5, 5.41) is 14.0. The first kappa shape index (κ1) is 26.5. The number of nitrogens with two attached hydrogens (primary N) is 1. The SMILES string of the molecule is C/C=C(/C)N(CC(=O)NCc1ccc2c(N)n[nH]c2c1)C(=O)/C(NCCc1ccccc1)=C(\C)CC. The Morgan fingerprint density at radius 2 is 1.83 bits per heavy atom. The third kappa shape index (κ3) is 6.75. The summed E-state index contributed by atoms with van der Waals surface area (Å²) in [4.78, 5) is 28.0. The number of anilines is 1. The average molecular weight is 489 g/mol. The van der Waals surface area contributed by atoms with Crippen molar-refractivity contribution >= 4 is 28.5 Å². The first-order valence-corrected chi connectivity index (χ1v) is 12.3. The van der Waals surface area contributed by atoms with Crippen LogP contribution in [-0.4, -0.2) is 40.0 Å². The molecule has 3 rings (SSSR count). The topological polar surface area (TPSA) is 116 Å². The number of nitrogens with zero attached hydrogens (tertiary/aromatic N) is 2. The van der Waals surface area contributed by atoms with Crippen molar-refractivity contribution in [3.63, 3.8) is 0 Å². The Morgan fingerprint density at radius 1 is 1.08 bits per heavy atom. The molecule has 8 nitrogen and oxygen atoms in total. The van der Waals surface area contributed by atoms with Gasteiger partial charge >= 0.3 is 0 Å². The van der Waals surface area contributed by atoms with Crippen LogP contribution in [0.5, 0.6) is 0 Å². The predicted molar refractivity (Wildman–Crippen MR) is 145 cm³/mol. The number of aromatic amines is 1. The zero-order valence-electron chi connectivity index (χ0n) is 21.5. The molecule has 0 unspecified atom stereocenters. The Kier molecular flexibility index (Phi) is 9.27. The number of nitrogens with one attached hydrogen (secondary N) is 3. The van der Waals surface area contributed by atoms with Gasteiger partial charge in [0.2, 0.25) is 5.91 Å². The van der Waals surface area contributed by atoms with Crippen molar-refractivity contribution in [2.24, 2.45) is 0 Å². The van der Waals surface area contributed by atoms with Gasteiger partial charge in [-0.25, -0.2) is 0 Å². The van der Waals surface area contributed by atoms with Crippen LogP contribution in [0.1, 0.15) is 45.2 Å². The fourth-order valence-corrected chi connectivity index (χ4v) is 3.81. The molecule has 1 heterocycles. The second-order valence-electron chi connectivity index (χ2n) is 8.76. The number of rotatable bonds is 11. The fraction of sp³-hybridized carbons (Fsp3) is 0.321. The summed E-state index contributed by atoms with van der Waals surface area (Å²) >= 11 is 0. The monoisotopic (exact) mass is 488 g/mol. The van der Waals surface area contributed by atoms with Gasteiger partial charge in [-0.1, -0.05) is 49.4 Å². The number of aromatic nitrogens is 2. The van der Waals surface area contributed by atoms with Gasteiger partial charge in [0.15, 0.2) is 5.82 Å². The summed E-state index contributed by atoms with van der Waals surface area (Å²) in [6.07, 6.45) is 3.36. The summed E-state index contributed by atoms with van der Waals surface area (Å²) < 4.78 is 0. The van der Waals surface area contributed by atoms with Crippen molar-refractivity contribution < 1.29 is 9.59 Å². The lowest BCUT2D eigenvalue weighted by Crippen LogP contribution is -2.42. The molecule has 1 aromatic heterocycles. The molecule has 2 aromatic carbocycles. The van der Waals surface area contributed by atoms with E-state index < -0.39 is 0 Å². The van der Waals surface area contributed by atoms with E-state index in [-0.39, 0.29) is 18.4 Å². The Balaban J connectivity index is 1.67. The average Bonchev–Trinajstić information content (AvgIpc) is 3.27. The van der Waals surface area contributed by atoms with Crippen LogP contribution in [0.2, 0.25) is 0 Å². The maximum absolute atomic E-state index is 13.6. The van der Waals surface area contributed by atoms with Gasteiger partial charge in [0.1, 0.15) is 6.54 Å². The van der Waals surface area contributed by atoms with E-state index >= 15 is 0 Å². The minimum absolute atomic E-state index is 0.0743. The minimum Gasteiger partial charge on any atom is -0.382 e. The van der Waals surface area contributed by atoms with Crippen LogP contribution in [0.25, 0.3) is 10.9 Å². The van der Waals surface area contributed by atoms with Crippen LogP contribution >= 0.6 is 0 Å². The summed E-state index contributed by atoms with van der Waals surface area (Å²) in [5.74, 6) is -0.00532. The van der Waals surface area contributed by atoms with E-state index in [4.69, 9.17) is 5.73 Å². The van der Waals surface area contributed by atoms with Crippen LogP contribution in [-0.2, 0) is 22.6 Å². The number of hydrogen-bond donors (Lipinski definition) is 4. The van der Waals surface area contributed by atoms with E-state index in [1.165, 1.54) is 10.5 Å².